The number of aromatic amines is 2. The Bertz CT molecular complexity index is 1170. The van der Waals surface area contributed by atoms with Crippen molar-refractivity contribution in [3.63, 3.8) is 0 Å². The highest BCUT2D eigenvalue weighted by Crippen LogP contribution is 2.22. The number of H-pyrrole nitrogens is 2. The minimum absolute atomic E-state index is 0.0154. The lowest BCUT2D eigenvalue weighted by atomic mass is 10.3. The zero-order valence-corrected chi connectivity index (χ0v) is 14.3. The van der Waals surface area contributed by atoms with Crippen LogP contribution in [0.1, 0.15) is 25.0 Å². The van der Waals surface area contributed by atoms with E-state index in [1.54, 1.807) is 16.8 Å². The van der Waals surface area contributed by atoms with Crippen LogP contribution in [0.2, 0.25) is 0 Å². The maximum atomic E-state index is 11.4. The third kappa shape index (κ3) is 3.16. The van der Waals surface area contributed by atoms with Gasteiger partial charge in [-0.3, -0.25) is 4.98 Å². The molecule has 1 saturated heterocycles. The average molecular weight is 370 g/mol. The van der Waals surface area contributed by atoms with Gasteiger partial charge in [-0.2, -0.15) is 19.6 Å². The van der Waals surface area contributed by atoms with Gasteiger partial charge < -0.3 is 20.1 Å². The normalized spacial score (nSPS) is 21.4. The predicted molar refractivity (Wildman–Crippen MR) is 93.1 cm³/mol. The number of nitrogens with zero attached hydrogens (tertiary/aromatic N) is 5. The monoisotopic (exact) mass is 370 g/mol. The molecule has 11 nitrogen and oxygen atoms in total. The van der Waals surface area contributed by atoms with Gasteiger partial charge in [0, 0.05) is 11.8 Å². The van der Waals surface area contributed by atoms with Gasteiger partial charge in [0.25, 0.3) is 5.62 Å². The zero-order valence-electron chi connectivity index (χ0n) is 14.3. The van der Waals surface area contributed by atoms with Gasteiger partial charge in [0.05, 0.1) is 12.2 Å². The van der Waals surface area contributed by atoms with Crippen molar-refractivity contribution >= 4 is 11.7 Å². The molecule has 140 valence electrons. The number of nitrogens with one attached hydrogen (secondary N) is 3. The molecule has 3 aromatic rings. The van der Waals surface area contributed by atoms with E-state index in [9.17, 15) is 9.90 Å². The molecule has 1 aliphatic carbocycles. The molecule has 4 N–H and O–H groups in total. The van der Waals surface area contributed by atoms with Crippen molar-refractivity contribution in [2.45, 2.75) is 31.4 Å². The van der Waals surface area contributed by atoms with E-state index in [1.807, 2.05) is 0 Å². The molecule has 0 bridgehead atoms. The summed E-state index contributed by atoms with van der Waals surface area (Å²) in [5, 5.41) is 18.0. The van der Waals surface area contributed by atoms with Gasteiger partial charge in [0.15, 0.2) is 5.65 Å². The van der Waals surface area contributed by atoms with Gasteiger partial charge in [-0.05, 0) is 31.9 Å². The van der Waals surface area contributed by atoms with Crippen molar-refractivity contribution < 1.29 is 9.84 Å². The van der Waals surface area contributed by atoms with E-state index in [1.165, 1.54) is 0 Å². The number of hydrogen-bond acceptors (Lipinski definition) is 8. The molecule has 3 aromatic heterocycles. The number of ether oxygens (including phenoxy) is 1. The summed E-state index contributed by atoms with van der Waals surface area (Å²) >= 11 is 0. The first kappa shape index (κ1) is 16.0. The van der Waals surface area contributed by atoms with E-state index in [-0.39, 0.29) is 29.7 Å². The van der Waals surface area contributed by atoms with Crippen molar-refractivity contribution in [1.82, 2.24) is 34.9 Å². The summed E-state index contributed by atoms with van der Waals surface area (Å²) < 4.78 is 7.46. The van der Waals surface area contributed by atoms with E-state index in [0.29, 0.717) is 16.5 Å². The Hall–Kier alpha value is -3.21. The highest BCUT2D eigenvalue weighted by molar-refractivity contribution is 5.56. The van der Waals surface area contributed by atoms with Crippen LogP contribution in [0.5, 0.6) is 11.9 Å². The number of fused-ring (bicyclic) bond motifs is 1. The van der Waals surface area contributed by atoms with Crippen LogP contribution in [-0.2, 0) is 0 Å². The summed E-state index contributed by atoms with van der Waals surface area (Å²) in [6, 6.07) is 0.503. The highest BCUT2D eigenvalue weighted by Gasteiger charge is 2.22. The Kier molecular flexibility index (Phi) is 3.67. The molecule has 0 unspecified atom stereocenters. The Morgan fingerprint density at radius 1 is 1.30 bits per heavy atom. The van der Waals surface area contributed by atoms with Crippen molar-refractivity contribution in [3.8, 4) is 11.9 Å². The third-order valence-corrected chi connectivity index (χ3v) is 4.52. The summed E-state index contributed by atoms with van der Waals surface area (Å²) in [4.78, 5) is 29.7. The summed E-state index contributed by atoms with van der Waals surface area (Å²) in [7, 11) is 0. The van der Waals surface area contributed by atoms with Gasteiger partial charge in [-0.25, -0.2) is 9.79 Å². The third-order valence-electron chi connectivity index (χ3n) is 4.52. The minimum Gasteiger partial charge on any atom is -0.493 e. The maximum absolute atomic E-state index is 11.4. The fourth-order valence-electron chi connectivity index (χ4n) is 2.99. The fourth-order valence-corrected chi connectivity index (χ4v) is 2.99. The second-order valence-corrected chi connectivity index (χ2v) is 6.72. The maximum Gasteiger partial charge on any atom is 0.326 e. The second-order valence-electron chi connectivity index (χ2n) is 6.72. The van der Waals surface area contributed by atoms with Crippen LogP contribution in [0.25, 0.3) is 11.7 Å². The van der Waals surface area contributed by atoms with Crippen LogP contribution in [0, 0.1) is 0 Å². The second kappa shape index (κ2) is 6.20. The zero-order chi connectivity index (χ0) is 18.4. The minimum atomic E-state index is -0.493. The molecule has 2 fully saturated rings. The van der Waals surface area contributed by atoms with Gasteiger partial charge in [-0.1, -0.05) is 0 Å². The van der Waals surface area contributed by atoms with Crippen molar-refractivity contribution in [3.05, 3.63) is 33.2 Å². The molecule has 0 aromatic carbocycles. The summed E-state index contributed by atoms with van der Waals surface area (Å²) in [5.74, 6) is -0.246. The predicted octanol–water partition coefficient (Wildman–Crippen LogP) is -1.80. The molecule has 2 aliphatic rings. The summed E-state index contributed by atoms with van der Waals surface area (Å²) in [6.07, 6.45) is 6.15. The number of aromatic hydroxyl groups is 1. The number of hydrogen-bond donors (Lipinski definition) is 4. The summed E-state index contributed by atoms with van der Waals surface area (Å²) in [5.41, 5.74) is 0.686. The molecule has 1 atom stereocenters. The molecule has 27 heavy (non-hydrogen) atoms. The molecule has 4 heterocycles. The Morgan fingerprint density at radius 3 is 2.89 bits per heavy atom. The molecule has 1 aliphatic heterocycles. The molecule has 0 amide bonds. The average Bonchev–Trinajstić information content (AvgIpc) is 3.01. The van der Waals surface area contributed by atoms with Crippen molar-refractivity contribution in [2.24, 2.45) is 4.99 Å². The molecular weight excluding hydrogens is 352 g/mol. The topological polar surface area (TPSA) is 146 Å². The lowest BCUT2D eigenvalue weighted by molar-refractivity contribution is 0.203. The highest BCUT2D eigenvalue weighted by atomic mass is 16.5. The molecule has 5 rings (SSSR count). The summed E-state index contributed by atoms with van der Waals surface area (Å²) in [6.45, 7) is 1.65. The van der Waals surface area contributed by atoms with Crippen LogP contribution in [-0.4, -0.2) is 59.9 Å². The number of rotatable bonds is 4. The number of imidazole rings is 1. The Labute approximate surface area is 151 Å². The van der Waals surface area contributed by atoms with Crippen molar-refractivity contribution in [2.75, 3.05) is 13.1 Å². The molecule has 0 spiro atoms. The first-order valence-electron chi connectivity index (χ1n) is 8.86. The van der Waals surface area contributed by atoms with Crippen LogP contribution < -0.4 is 26.6 Å². The number of aromatic nitrogens is 6. The Balaban J connectivity index is 1.66. The standard InChI is InChI=1S/C16H18N8O3/c25-13-11(20-15(26)22-13)5-8-6-18-24-12(8)21-16(27-10-3-4-17-7-10)23-14(24)19-9-1-2-9/h5-6,9-10,17,25H,1-4,7H2,(H2,20,22,26)/t10-/m1/s1. The Morgan fingerprint density at radius 2 is 2.19 bits per heavy atom. The quantitative estimate of drug-likeness (QED) is 0.424. The van der Waals surface area contributed by atoms with Gasteiger partial charge in [0.2, 0.25) is 5.88 Å². The van der Waals surface area contributed by atoms with Crippen LogP contribution in [0.15, 0.2) is 16.0 Å². The molecule has 11 heteroatoms. The SMILES string of the molecule is O=c1[nH]c(O)c(C=c2cnn3c(=NC4CC4)nc(O[C@@H]4CCNC4)nc23)[nH]1. The van der Waals surface area contributed by atoms with Crippen molar-refractivity contribution in [1.29, 1.82) is 0 Å². The van der Waals surface area contributed by atoms with E-state index in [0.717, 1.165) is 32.4 Å². The van der Waals surface area contributed by atoms with Crippen LogP contribution in [0.4, 0.5) is 0 Å². The van der Waals surface area contributed by atoms with Gasteiger partial charge >= 0.3 is 11.7 Å². The lowest BCUT2D eigenvalue weighted by Gasteiger charge is -2.10. The molecule has 0 radical (unpaired) electrons. The largest absolute Gasteiger partial charge is 0.493 e. The lowest BCUT2D eigenvalue weighted by Crippen LogP contribution is -2.27. The first-order chi connectivity index (χ1) is 13.2. The van der Waals surface area contributed by atoms with Crippen LogP contribution in [0.3, 0.4) is 0 Å². The molecule has 1 saturated carbocycles. The van der Waals surface area contributed by atoms with E-state index in [2.05, 4.69) is 35.3 Å². The first-order valence-corrected chi connectivity index (χ1v) is 8.86. The molecular formula is C16H18N8O3. The fraction of sp³-hybridized carbons (Fsp3) is 0.438. The smallest absolute Gasteiger partial charge is 0.326 e. The van der Waals surface area contributed by atoms with E-state index in [4.69, 9.17) is 4.74 Å². The van der Waals surface area contributed by atoms with Gasteiger partial charge in [-0.15, -0.1) is 0 Å². The van der Waals surface area contributed by atoms with Gasteiger partial charge in [0.1, 0.15) is 11.8 Å². The van der Waals surface area contributed by atoms with Crippen LogP contribution >= 0.6 is 0 Å². The van der Waals surface area contributed by atoms with E-state index >= 15 is 0 Å². The van der Waals surface area contributed by atoms with E-state index < -0.39 is 5.69 Å².